The van der Waals surface area contributed by atoms with E-state index in [0.29, 0.717) is 0 Å². The summed E-state index contributed by atoms with van der Waals surface area (Å²) in [5.74, 6) is 8.51. The molecule has 4 rings (SSSR count). The smallest absolute Gasteiger partial charge is 0.119 e. The molecule has 4 aromatic carbocycles. The van der Waals surface area contributed by atoms with Gasteiger partial charge in [0.05, 0.1) is 13.2 Å². The van der Waals surface area contributed by atoms with Crippen molar-refractivity contribution in [3.8, 4) is 34.5 Å². The van der Waals surface area contributed by atoms with Crippen LogP contribution in [0.5, 0.6) is 11.5 Å². The molecule has 2 heteroatoms. The van der Waals surface area contributed by atoms with Gasteiger partial charge in [0.15, 0.2) is 0 Å². The van der Waals surface area contributed by atoms with Crippen LogP contribution in [0.3, 0.4) is 0 Å². The first-order valence-corrected chi connectivity index (χ1v) is 14.3. The molecule has 0 saturated heterocycles. The van der Waals surface area contributed by atoms with Crippen molar-refractivity contribution in [3.63, 3.8) is 0 Å². The van der Waals surface area contributed by atoms with E-state index in [4.69, 9.17) is 9.47 Å². The maximum absolute atomic E-state index is 5.90. The fourth-order valence-corrected chi connectivity index (χ4v) is 4.46. The fraction of sp³-hybridized carbons (Fsp3) is 0.333. The largest absolute Gasteiger partial charge is 0.494 e. The summed E-state index contributed by atoms with van der Waals surface area (Å²) in [5.41, 5.74) is 4.38. The summed E-state index contributed by atoms with van der Waals surface area (Å²) in [4.78, 5) is 0. The van der Waals surface area contributed by atoms with Crippen molar-refractivity contribution >= 4 is 10.8 Å². The summed E-state index contributed by atoms with van der Waals surface area (Å²) in [6.07, 6.45) is 9.78. The van der Waals surface area contributed by atoms with E-state index in [1.807, 2.05) is 0 Å². The molecule has 38 heavy (non-hydrogen) atoms. The highest BCUT2D eigenvalue weighted by molar-refractivity contribution is 5.85. The van der Waals surface area contributed by atoms with Crippen LogP contribution in [-0.4, -0.2) is 13.2 Å². The van der Waals surface area contributed by atoms with Crippen molar-refractivity contribution < 1.29 is 9.47 Å². The van der Waals surface area contributed by atoms with Crippen LogP contribution < -0.4 is 9.47 Å². The lowest BCUT2D eigenvalue weighted by atomic mass is 10.0. The number of hydrogen-bond acceptors (Lipinski definition) is 2. The van der Waals surface area contributed by atoms with Crippen molar-refractivity contribution in [2.45, 2.75) is 65.2 Å². The first-order chi connectivity index (χ1) is 18.7. The van der Waals surface area contributed by atoms with Gasteiger partial charge in [-0.2, -0.15) is 0 Å². The van der Waals surface area contributed by atoms with Gasteiger partial charge in [0.2, 0.25) is 0 Å². The number of unbranched alkanes of at least 4 members (excludes halogenated alkanes) is 6. The molecule has 0 aromatic heterocycles. The average Bonchev–Trinajstić information content (AvgIpc) is 2.96. The van der Waals surface area contributed by atoms with Gasteiger partial charge >= 0.3 is 0 Å². The molecular weight excluding hydrogens is 464 g/mol. The van der Waals surface area contributed by atoms with Gasteiger partial charge in [-0.15, -0.1) is 0 Å². The summed E-state index contributed by atoms with van der Waals surface area (Å²) in [7, 11) is 0. The minimum Gasteiger partial charge on any atom is -0.494 e. The second-order valence-electron chi connectivity index (χ2n) is 9.89. The first-order valence-electron chi connectivity index (χ1n) is 14.3. The topological polar surface area (TPSA) is 18.5 Å². The summed E-state index contributed by atoms with van der Waals surface area (Å²) in [6.45, 7) is 6.02. The first kappa shape index (κ1) is 27.3. The maximum Gasteiger partial charge on any atom is 0.119 e. The van der Waals surface area contributed by atoms with E-state index in [1.54, 1.807) is 0 Å². The van der Waals surface area contributed by atoms with Crippen molar-refractivity contribution in [2.24, 2.45) is 0 Å². The van der Waals surface area contributed by atoms with Gasteiger partial charge in [0.1, 0.15) is 11.5 Å². The lowest BCUT2D eigenvalue weighted by Crippen LogP contribution is -1.97. The third kappa shape index (κ3) is 8.42. The molecule has 0 atom stereocenters. The average molecular weight is 505 g/mol. The van der Waals surface area contributed by atoms with Crippen molar-refractivity contribution in [3.05, 3.63) is 96.1 Å². The Morgan fingerprint density at radius 3 is 1.71 bits per heavy atom. The number of hydrogen-bond donors (Lipinski definition) is 0. The quantitative estimate of drug-likeness (QED) is 0.133. The number of fused-ring (bicyclic) bond motifs is 1. The zero-order valence-electron chi connectivity index (χ0n) is 23.0. The number of rotatable bonds is 13. The lowest BCUT2D eigenvalue weighted by molar-refractivity contribution is 0.304. The Morgan fingerprint density at radius 2 is 0.974 bits per heavy atom. The Bertz CT molecular complexity index is 1320. The fourth-order valence-electron chi connectivity index (χ4n) is 4.46. The van der Waals surface area contributed by atoms with E-state index in [9.17, 15) is 0 Å². The molecule has 0 spiro atoms. The van der Waals surface area contributed by atoms with Crippen LogP contribution in [0.25, 0.3) is 21.9 Å². The predicted molar refractivity (Wildman–Crippen MR) is 161 cm³/mol. The van der Waals surface area contributed by atoms with Gasteiger partial charge in [0.25, 0.3) is 0 Å². The van der Waals surface area contributed by atoms with Crippen LogP contribution in [0, 0.1) is 11.8 Å². The molecule has 0 saturated carbocycles. The molecule has 0 fully saturated rings. The summed E-state index contributed by atoms with van der Waals surface area (Å²) in [5, 5.41) is 2.35. The molecule has 196 valence electrons. The minimum atomic E-state index is 0.778. The molecule has 4 aromatic rings. The zero-order chi connectivity index (χ0) is 26.4. The normalized spacial score (nSPS) is 10.7. The van der Waals surface area contributed by atoms with Crippen LogP contribution in [0.15, 0.2) is 84.9 Å². The highest BCUT2D eigenvalue weighted by Gasteiger charge is 2.01. The van der Waals surface area contributed by atoms with Gasteiger partial charge in [-0.05, 0) is 83.3 Å². The molecule has 2 nitrogen and oxygen atoms in total. The van der Waals surface area contributed by atoms with Crippen LogP contribution in [-0.2, 0) is 0 Å². The molecule has 0 N–H and O–H groups in total. The molecule has 0 aliphatic carbocycles. The Kier molecular flexibility index (Phi) is 10.7. The predicted octanol–water partition coefficient (Wildman–Crippen LogP) is 9.82. The highest BCUT2D eigenvalue weighted by Crippen LogP contribution is 2.24. The standard InChI is InChI=1S/C36H40O2/c1-3-5-7-8-10-26-37-35-22-19-32(20-23-35)31-16-13-29(14-17-31)11-12-30-15-18-34-28-36(24-21-33(34)27-30)38-25-9-6-4-2/h13-24,27-28H,3-10,25-26H2,1-2H3. The molecule has 0 radical (unpaired) electrons. The van der Waals surface area contributed by atoms with E-state index >= 15 is 0 Å². The van der Waals surface area contributed by atoms with Crippen molar-refractivity contribution in [2.75, 3.05) is 13.2 Å². The van der Waals surface area contributed by atoms with Gasteiger partial charge in [-0.1, -0.05) is 101 Å². The third-order valence-electron chi connectivity index (χ3n) is 6.77. The van der Waals surface area contributed by atoms with E-state index in [-0.39, 0.29) is 0 Å². The maximum atomic E-state index is 5.90. The lowest BCUT2D eigenvalue weighted by Gasteiger charge is -2.08. The SMILES string of the molecule is CCCCCCCOc1ccc(-c2ccc(C#Cc3ccc4cc(OCCCCC)ccc4c3)cc2)cc1. The molecule has 0 aliphatic heterocycles. The summed E-state index contributed by atoms with van der Waals surface area (Å²) < 4.78 is 11.8. The van der Waals surface area contributed by atoms with Crippen molar-refractivity contribution in [1.29, 1.82) is 0 Å². The van der Waals surface area contributed by atoms with Gasteiger partial charge in [-0.25, -0.2) is 0 Å². The molecule has 0 unspecified atom stereocenters. The number of benzene rings is 4. The Hall–Kier alpha value is -3.70. The minimum absolute atomic E-state index is 0.778. The molecule has 0 bridgehead atoms. The third-order valence-corrected chi connectivity index (χ3v) is 6.77. The van der Waals surface area contributed by atoms with Crippen LogP contribution in [0.1, 0.15) is 76.3 Å². The molecule has 0 amide bonds. The Balaban J connectivity index is 1.32. The van der Waals surface area contributed by atoms with Crippen LogP contribution in [0.2, 0.25) is 0 Å². The van der Waals surface area contributed by atoms with E-state index in [0.717, 1.165) is 48.7 Å². The second kappa shape index (κ2) is 14.9. The highest BCUT2D eigenvalue weighted by atomic mass is 16.5. The van der Waals surface area contributed by atoms with Crippen molar-refractivity contribution in [1.82, 2.24) is 0 Å². The van der Waals surface area contributed by atoms with Crippen LogP contribution in [0.4, 0.5) is 0 Å². The zero-order valence-corrected chi connectivity index (χ0v) is 23.0. The summed E-state index contributed by atoms with van der Waals surface area (Å²) in [6, 6.07) is 29.5. The van der Waals surface area contributed by atoms with Crippen LogP contribution >= 0.6 is 0 Å². The van der Waals surface area contributed by atoms with E-state index < -0.39 is 0 Å². The monoisotopic (exact) mass is 504 g/mol. The Morgan fingerprint density at radius 1 is 0.474 bits per heavy atom. The number of ether oxygens (including phenoxy) is 2. The summed E-state index contributed by atoms with van der Waals surface area (Å²) >= 11 is 0. The van der Waals surface area contributed by atoms with Gasteiger partial charge in [-0.3, -0.25) is 0 Å². The second-order valence-corrected chi connectivity index (χ2v) is 9.89. The Labute approximate surface area is 229 Å². The molecule has 0 aliphatic rings. The van der Waals surface area contributed by atoms with E-state index in [1.165, 1.54) is 60.4 Å². The van der Waals surface area contributed by atoms with E-state index in [2.05, 4.69) is 111 Å². The van der Waals surface area contributed by atoms with Gasteiger partial charge in [0, 0.05) is 11.1 Å². The molecular formula is C36H40O2. The molecule has 0 heterocycles. The van der Waals surface area contributed by atoms with Gasteiger partial charge < -0.3 is 9.47 Å².